The number of fused-ring (bicyclic) bond motifs is 1. The van der Waals surface area contributed by atoms with Crippen LogP contribution in [0.1, 0.15) is 12.5 Å². The Bertz CT molecular complexity index is 588. The van der Waals surface area contributed by atoms with Crippen molar-refractivity contribution in [2.24, 2.45) is 5.10 Å². The zero-order valence-corrected chi connectivity index (χ0v) is 11.5. The number of nitrogens with zero attached hydrogens (tertiary/aromatic N) is 1. The van der Waals surface area contributed by atoms with E-state index >= 15 is 0 Å². The van der Waals surface area contributed by atoms with Crippen LogP contribution in [0.15, 0.2) is 47.6 Å². The second kappa shape index (κ2) is 5.78. The van der Waals surface area contributed by atoms with Crippen molar-refractivity contribution in [3.05, 3.63) is 48.0 Å². The van der Waals surface area contributed by atoms with Gasteiger partial charge < -0.3 is 0 Å². The largest absolute Gasteiger partial charge is 0.272 e. The molecule has 92 valence electrons. The molecule has 0 aliphatic rings. The lowest BCUT2D eigenvalue weighted by Crippen LogP contribution is -2.24. The van der Waals surface area contributed by atoms with Crippen LogP contribution in [0.5, 0.6) is 0 Å². The number of alkyl halides is 1. The van der Waals surface area contributed by atoms with Crippen molar-refractivity contribution >= 4 is 38.8 Å². The maximum absolute atomic E-state index is 11.3. The molecule has 0 aliphatic carbocycles. The standard InChI is InChI=1S/C14H13BrN2O/c1-10(15)14(18)17-16-9-12-7-4-6-11-5-2-3-8-13(11)12/h2-10H,1H3,(H,17,18). The van der Waals surface area contributed by atoms with Crippen molar-refractivity contribution in [3.8, 4) is 0 Å². The predicted molar refractivity (Wildman–Crippen MR) is 78.1 cm³/mol. The normalized spacial score (nSPS) is 12.8. The summed E-state index contributed by atoms with van der Waals surface area (Å²) in [6.45, 7) is 1.75. The molecule has 1 atom stereocenters. The van der Waals surface area contributed by atoms with Gasteiger partial charge in [0.1, 0.15) is 0 Å². The second-order valence-corrected chi connectivity index (χ2v) is 5.29. The molecule has 0 heterocycles. The zero-order chi connectivity index (χ0) is 13.0. The van der Waals surface area contributed by atoms with E-state index in [1.165, 1.54) is 0 Å². The molecule has 0 saturated heterocycles. The molecule has 1 amide bonds. The lowest BCUT2D eigenvalue weighted by Gasteiger charge is -2.02. The molecule has 2 rings (SSSR count). The third kappa shape index (κ3) is 2.96. The van der Waals surface area contributed by atoms with Crippen molar-refractivity contribution in [2.75, 3.05) is 0 Å². The Morgan fingerprint density at radius 2 is 2.00 bits per heavy atom. The predicted octanol–water partition coefficient (Wildman–Crippen LogP) is 3.07. The number of hydrazone groups is 1. The van der Waals surface area contributed by atoms with E-state index in [0.29, 0.717) is 0 Å². The molecule has 3 nitrogen and oxygen atoms in total. The Morgan fingerprint density at radius 1 is 1.28 bits per heavy atom. The molecule has 0 aromatic heterocycles. The number of benzene rings is 2. The second-order valence-electron chi connectivity index (χ2n) is 3.92. The van der Waals surface area contributed by atoms with Gasteiger partial charge in [-0.3, -0.25) is 4.79 Å². The van der Waals surface area contributed by atoms with Crippen LogP contribution in [0, 0.1) is 0 Å². The maximum atomic E-state index is 11.3. The fraction of sp³-hybridized carbons (Fsp3) is 0.143. The summed E-state index contributed by atoms with van der Waals surface area (Å²) in [5.41, 5.74) is 3.46. The minimum absolute atomic E-state index is 0.161. The molecule has 1 N–H and O–H groups in total. The van der Waals surface area contributed by atoms with Gasteiger partial charge in [0.05, 0.1) is 11.0 Å². The summed E-state index contributed by atoms with van der Waals surface area (Å²) in [7, 11) is 0. The van der Waals surface area contributed by atoms with Gasteiger partial charge in [0.25, 0.3) is 5.91 Å². The first-order valence-corrected chi connectivity index (χ1v) is 6.55. The Morgan fingerprint density at radius 3 is 2.78 bits per heavy atom. The van der Waals surface area contributed by atoms with Gasteiger partial charge >= 0.3 is 0 Å². The molecule has 4 heteroatoms. The van der Waals surface area contributed by atoms with Crippen LogP contribution in [0.3, 0.4) is 0 Å². The van der Waals surface area contributed by atoms with E-state index in [9.17, 15) is 4.79 Å². The fourth-order valence-electron chi connectivity index (χ4n) is 1.62. The molecule has 0 saturated carbocycles. The van der Waals surface area contributed by atoms with Gasteiger partial charge in [-0.25, -0.2) is 5.43 Å². The molecule has 0 fully saturated rings. The molecule has 18 heavy (non-hydrogen) atoms. The van der Waals surface area contributed by atoms with Crippen molar-refractivity contribution in [3.63, 3.8) is 0 Å². The highest BCUT2D eigenvalue weighted by Gasteiger charge is 2.05. The average Bonchev–Trinajstić information content (AvgIpc) is 2.38. The number of carbonyl (C=O) groups is 1. The molecule has 0 radical (unpaired) electrons. The van der Waals surface area contributed by atoms with E-state index in [4.69, 9.17) is 0 Å². The van der Waals surface area contributed by atoms with Gasteiger partial charge in [-0.2, -0.15) is 5.10 Å². The van der Waals surface area contributed by atoms with Crippen LogP contribution < -0.4 is 5.43 Å². The summed E-state index contributed by atoms with van der Waals surface area (Å²) in [6.07, 6.45) is 1.66. The van der Waals surface area contributed by atoms with Crippen molar-refractivity contribution in [1.82, 2.24) is 5.43 Å². The summed E-state index contributed by atoms with van der Waals surface area (Å²) in [6, 6.07) is 14.0. The van der Waals surface area contributed by atoms with E-state index in [-0.39, 0.29) is 10.7 Å². The van der Waals surface area contributed by atoms with Gasteiger partial charge in [0, 0.05) is 5.56 Å². The third-order valence-corrected chi connectivity index (χ3v) is 2.98. The van der Waals surface area contributed by atoms with Crippen LogP contribution in [0.4, 0.5) is 0 Å². The summed E-state index contributed by atoms with van der Waals surface area (Å²) >= 11 is 3.18. The Balaban J connectivity index is 2.22. The first-order chi connectivity index (χ1) is 8.68. The zero-order valence-electron chi connectivity index (χ0n) is 9.93. The number of halogens is 1. The van der Waals surface area contributed by atoms with Crippen molar-refractivity contribution in [1.29, 1.82) is 0 Å². The number of nitrogens with one attached hydrogen (secondary N) is 1. The molecular formula is C14H13BrN2O. The SMILES string of the molecule is CC(Br)C(=O)NN=Cc1cccc2ccccc12. The van der Waals surface area contributed by atoms with Gasteiger partial charge in [-0.1, -0.05) is 58.4 Å². The van der Waals surface area contributed by atoms with Gasteiger partial charge in [-0.15, -0.1) is 0 Å². The number of carbonyl (C=O) groups excluding carboxylic acids is 1. The molecule has 1 unspecified atom stereocenters. The van der Waals surface area contributed by atoms with Gasteiger partial charge in [-0.05, 0) is 17.7 Å². The van der Waals surface area contributed by atoms with E-state index in [0.717, 1.165) is 16.3 Å². The van der Waals surface area contributed by atoms with Crippen molar-refractivity contribution < 1.29 is 4.79 Å². The smallest absolute Gasteiger partial charge is 0.253 e. The minimum atomic E-state index is -0.248. The average molecular weight is 305 g/mol. The number of amides is 1. The van der Waals surface area contributed by atoms with Crippen LogP contribution in [0.25, 0.3) is 10.8 Å². The van der Waals surface area contributed by atoms with Crippen molar-refractivity contribution in [2.45, 2.75) is 11.8 Å². The highest BCUT2D eigenvalue weighted by molar-refractivity contribution is 9.10. The Kier molecular flexibility index (Phi) is 4.10. The monoisotopic (exact) mass is 304 g/mol. The molecule has 2 aromatic rings. The number of hydrogen-bond donors (Lipinski definition) is 1. The van der Waals surface area contributed by atoms with E-state index in [1.807, 2.05) is 42.5 Å². The van der Waals surface area contributed by atoms with E-state index in [2.05, 4.69) is 26.5 Å². The van der Waals surface area contributed by atoms with Gasteiger partial charge in [0.15, 0.2) is 0 Å². The first kappa shape index (κ1) is 12.8. The molecule has 0 bridgehead atoms. The van der Waals surface area contributed by atoms with E-state index < -0.39 is 0 Å². The molecule has 2 aromatic carbocycles. The molecular weight excluding hydrogens is 292 g/mol. The van der Waals surface area contributed by atoms with E-state index in [1.54, 1.807) is 13.1 Å². The lowest BCUT2D eigenvalue weighted by molar-refractivity contribution is -0.120. The summed E-state index contributed by atoms with van der Waals surface area (Å²) < 4.78 is 0. The van der Waals surface area contributed by atoms with Crippen LogP contribution in [0.2, 0.25) is 0 Å². The third-order valence-electron chi connectivity index (χ3n) is 2.56. The molecule has 0 aliphatic heterocycles. The van der Waals surface area contributed by atoms with Crippen LogP contribution in [-0.4, -0.2) is 16.9 Å². The minimum Gasteiger partial charge on any atom is -0.272 e. The number of hydrogen-bond acceptors (Lipinski definition) is 2. The lowest BCUT2D eigenvalue weighted by atomic mass is 10.1. The summed E-state index contributed by atoms with van der Waals surface area (Å²) in [5.74, 6) is -0.161. The van der Waals surface area contributed by atoms with Crippen LogP contribution >= 0.6 is 15.9 Å². The summed E-state index contributed by atoms with van der Waals surface area (Å²) in [4.78, 5) is 11.1. The quantitative estimate of drug-likeness (QED) is 0.528. The van der Waals surface area contributed by atoms with Gasteiger partial charge in [0.2, 0.25) is 0 Å². The fourth-order valence-corrected chi connectivity index (χ4v) is 1.72. The highest BCUT2D eigenvalue weighted by Crippen LogP contribution is 2.16. The topological polar surface area (TPSA) is 41.5 Å². The first-order valence-electron chi connectivity index (χ1n) is 5.63. The maximum Gasteiger partial charge on any atom is 0.253 e. The Labute approximate surface area is 114 Å². The van der Waals surface area contributed by atoms with Crippen LogP contribution in [-0.2, 0) is 4.79 Å². The molecule has 0 spiro atoms. The summed E-state index contributed by atoms with van der Waals surface area (Å²) in [5, 5.41) is 6.23. The number of rotatable bonds is 3. The highest BCUT2D eigenvalue weighted by atomic mass is 79.9. The Hall–Kier alpha value is -1.68.